The molecule has 0 aliphatic rings. The van der Waals surface area contributed by atoms with E-state index in [1.54, 1.807) is 10.8 Å². The van der Waals surface area contributed by atoms with Gasteiger partial charge in [-0.3, -0.25) is 0 Å². The summed E-state index contributed by atoms with van der Waals surface area (Å²) < 4.78 is 0. The first-order valence-corrected chi connectivity index (χ1v) is 8.23. The Morgan fingerprint density at radius 2 is 1.29 bits per heavy atom. The molecule has 84 valence electrons. The zero-order valence-electron chi connectivity index (χ0n) is 8.89. The molecule has 0 aliphatic carbocycles. The van der Waals surface area contributed by atoms with Gasteiger partial charge in [0.25, 0.3) is 0 Å². The summed E-state index contributed by atoms with van der Waals surface area (Å²) in [7, 11) is 8.71. The summed E-state index contributed by atoms with van der Waals surface area (Å²) in [6.07, 6.45) is 0. The van der Waals surface area contributed by atoms with Crippen molar-refractivity contribution in [2.24, 2.45) is 0 Å². The van der Waals surface area contributed by atoms with E-state index in [4.69, 9.17) is 10.7 Å². The van der Waals surface area contributed by atoms with Gasteiger partial charge in [0.2, 0.25) is 0 Å². The van der Waals surface area contributed by atoms with Gasteiger partial charge >= 0.3 is 0 Å². The zero-order chi connectivity index (χ0) is 11.7. The van der Waals surface area contributed by atoms with Gasteiger partial charge in [-0.05, 0) is 49.1 Å². The minimum Gasteiger partial charge on any atom is -0.0616 e. The van der Waals surface area contributed by atoms with Crippen molar-refractivity contribution >= 4 is 53.0 Å². The van der Waals surface area contributed by atoms with Gasteiger partial charge in [0.05, 0.1) is 0 Å². The highest BCUT2D eigenvalue weighted by molar-refractivity contribution is 8.85. The number of benzene rings is 3. The van der Waals surface area contributed by atoms with Crippen LogP contribution in [0.25, 0.3) is 21.5 Å². The summed E-state index contributed by atoms with van der Waals surface area (Å²) in [5.74, 6) is 0. The van der Waals surface area contributed by atoms with Gasteiger partial charge in [-0.2, -0.15) is 0 Å². The average molecular weight is 277 g/mol. The minimum atomic E-state index is 1.25. The van der Waals surface area contributed by atoms with Crippen molar-refractivity contribution in [3.63, 3.8) is 0 Å². The van der Waals surface area contributed by atoms with Crippen LogP contribution in [0.1, 0.15) is 0 Å². The van der Waals surface area contributed by atoms with Crippen molar-refractivity contribution < 1.29 is 0 Å². The van der Waals surface area contributed by atoms with E-state index in [1.807, 2.05) is 0 Å². The third kappa shape index (κ3) is 2.01. The number of fused-ring (bicyclic) bond motifs is 2. The highest BCUT2D eigenvalue weighted by Gasteiger charge is 2.07. The van der Waals surface area contributed by atoms with Gasteiger partial charge in [-0.25, -0.2) is 0 Å². The van der Waals surface area contributed by atoms with Crippen LogP contribution in [0.3, 0.4) is 0 Å². The fourth-order valence-electron chi connectivity index (χ4n) is 2.09. The fourth-order valence-corrected chi connectivity index (χ4v) is 4.00. The maximum absolute atomic E-state index is 5.82. The van der Waals surface area contributed by atoms with Crippen LogP contribution in [0, 0.1) is 0 Å². The Morgan fingerprint density at radius 1 is 0.765 bits per heavy atom. The van der Waals surface area contributed by atoms with Crippen molar-refractivity contribution in [1.29, 1.82) is 0 Å². The summed E-state index contributed by atoms with van der Waals surface area (Å²) in [5.41, 5.74) is 0. The van der Waals surface area contributed by atoms with Crippen molar-refractivity contribution in [1.82, 2.24) is 0 Å². The SMILES string of the molecule is ClSSc1c2ccccc2cc2ccccc12. The second-order valence-electron chi connectivity index (χ2n) is 3.79. The minimum absolute atomic E-state index is 1.25. The average Bonchev–Trinajstić information content (AvgIpc) is 2.39. The van der Waals surface area contributed by atoms with Gasteiger partial charge < -0.3 is 0 Å². The molecule has 0 atom stereocenters. The predicted molar refractivity (Wildman–Crippen MR) is 80.8 cm³/mol. The summed E-state index contributed by atoms with van der Waals surface area (Å²) in [6.45, 7) is 0. The summed E-state index contributed by atoms with van der Waals surface area (Å²) in [4.78, 5) is 1.25. The van der Waals surface area contributed by atoms with Crippen LogP contribution in [-0.4, -0.2) is 0 Å². The van der Waals surface area contributed by atoms with E-state index in [1.165, 1.54) is 36.4 Å². The fraction of sp³-hybridized carbons (Fsp3) is 0. The first kappa shape index (κ1) is 11.3. The van der Waals surface area contributed by atoms with Crippen LogP contribution >= 0.6 is 31.5 Å². The van der Waals surface area contributed by atoms with Crippen molar-refractivity contribution in [2.45, 2.75) is 4.90 Å². The highest BCUT2D eigenvalue weighted by atomic mass is 35.7. The van der Waals surface area contributed by atoms with Crippen LogP contribution in [0.5, 0.6) is 0 Å². The van der Waals surface area contributed by atoms with Crippen LogP contribution in [0.4, 0.5) is 0 Å². The van der Waals surface area contributed by atoms with E-state index >= 15 is 0 Å². The molecule has 0 bridgehead atoms. The summed E-state index contributed by atoms with van der Waals surface area (Å²) in [5, 5.41) is 5.06. The molecule has 17 heavy (non-hydrogen) atoms. The summed E-state index contributed by atoms with van der Waals surface area (Å²) >= 11 is 0. The zero-order valence-corrected chi connectivity index (χ0v) is 11.3. The Hall–Kier alpha value is -0.830. The Kier molecular flexibility index (Phi) is 3.19. The molecule has 0 saturated heterocycles. The van der Waals surface area contributed by atoms with Crippen LogP contribution in [0.15, 0.2) is 59.5 Å². The molecule has 0 fully saturated rings. The van der Waals surface area contributed by atoms with Crippen molar-refractivity contribution in [3.05, 3.63) is 54.6 Å². The van der Waals surface area contributed by atoms with Gasteiger partial charge in [0.1, 0.15) is 0 Å². The van der Waals surface area contributed by atoms with Crippen LogP contribution < -0.4 is 0 Å². The van der Waals surface area contributed by atoms with Gasteiger partial charge in [0.15, 0.2) is 0 Å². The van der Waals surface area contributed by atoms with E-state index in [0.29, 0.717) is 0 Å². The van der Waals surface area contributed by atoms with E-state index in [-0.39, 0.29) is 0 Å². The standard InChI is InChI=1S/C14H9ClS2/c15-17-16-14-12-7-3-1-5-10(12)9-11-6-2-4-8-13(11)14/h1-9H. The molecular formula is C14H9ClS2. The molecule has 0 radical (unpaired) electrons. The number of hydrogen-bond donors (Lipinski definition) is 0. The Bertz CT molecular complexity index is 625. The Morgan fingerprint density at radius 3 is 1.82 bits per heavy atom. The molecule has 0 nitrogen and oxygen atoms in total. The molecule has 3 heteroatoms. The Labute approximate surface area is 112 Å². The normalized spacial score (nSPS) is 11.1. The molecule has 0 aromatic heterocycles. The van der Waals surface area contributed by atoms with Crippen LogP contribution in [0.2, 0.25) is 0 Å². The largest absolute Gasteiger partial charge is 0.0616 e. The monoisotopic (exact) mass is 276 g/mol. The molecule has 0 aliphatic heterocycles. The first-order chi connectivity index (χ1) is 8.40. The van der Waals surface area contributed by atoms with Gasteiger partial charge in [0, 0.05) is 14.9 Å². The third-order valence-corrected chi connectivity index (χ3v) is 4.76. The topological polar surface area (TPSA) is 0 Å². The molecule has 3 rings (SSSR count). The number of halogens is 1. The lowest BCUT2D eigenvalue weighted by Crippen LogP contribution is -1.80. The summed E-state index contributed by atoms with van der Waals surface area (Å²) in [6, 6.07) is 19.1. The lowest BCUT2D eigenvalue weighted by molar-refractivity contribution is 1.63. The second kappa shape index (κ2) is 4.81. The molecular weight excluding hydrogens is 268 g/mol. The molecule has 0 spiro atoms. The molecule has 3 aromatic carbocycles. The number of rotatable bonds is 2. The third-order valence-electron chi connectivity index (χ3n) is 2.84. The molecule has 3 aromatic rings. The van der Waals surface area contributed by atoms with E-state index in [2.05, 4.69) is 54.6 Å². The van der Waals surface area contributed by atoms with E-state index in [0.717, 1.165) is 0 Å². The lowest BCUT2D eigenvalue weighted by atomic mass is 10.0. The first-order valence-electron chi connectivity index (χ1n) is 5.26. The Balaban J connectivity index is 2.47. The highest BCUT2D eigenvalue weighted by Crippen LogP contribution is 2.42. The maximum Gasteiger partial charge on any atom is 0.0351 e. The quantitative estimate of drug-likeness (QED) is 0.423. The maximum atomic E-state index is 5.82. The molecule has 0 heterocycles. The molecule has 0 N–H and O–H groups in total. The lowest BCUT2D eigenvalue weighted by Gasteiger charge is -2.08. The van der Waals surface area contributed by atoms with Crippen molar-refractivity contribution in [3.8, 4) is 0 Å². The predicted octanol–water partition coefficient (Wildman–Crippen LogP) is 5.89. The van der Waals surface area contributed by atoms with E-state index < -0.39 is 0 Å². The van der Waals surface area contributed by atoms with Gasteiger partial charge in [-0.1, -0.05) is 48.5 Å². The molecule has 0 unspecified atom stereocenters. The van der Waals surface area contributed by atoms with Crippen molar-refractivity contribution in [2.75, 3.05) is 0 Å². The smallest absolute Gasteiger partial charge is 0.0351 e. The van der Waals surface area contributed by atoms with Gasteiger partial charge in [-0.15, -0.1) is 0 Å². The molecule has 0 amide bonds. The van der Waals surface area contributed by atoms with E-state index in [9.17, 15) is 0 Å². The number of hydrogen-bond acceptors (Lipinski definition) is 2. The molecule has 0 saturated carbocycles. The second-order valence-corrected chi connectivity index (χ2v) is 6.51. The van der Waals surface area contributed by atoms with Crippen LogP contribution in [-0.2, 0) is 0 Å².